The van der Waals surface area contributed by atoms with Gasteiger partial charge >= 0.3 is 0 Å². The molecule has 2 N–H and O–H groups in total. The Labute approximate surface area is 131 Å². The predicted octanol–water partition coefficient (Wildman–Crippen LogP) is 2.84. The molecule has 7 heteroatoms. The summed E-state index contributed by atoms with van der Waals surface area (Å²) in [6, 6.07) is 8.23. The molecule has 0 unspecified atom stereocenters. The standard InChI is InChI=1S/C15H13ClFN5/c1-22-8-10(6-9-4-2-3-5-11(9)17)14(21-22)12-7-13(16)20-15(18)19-12/h2-5,7-8H,6H2,1H3,(H2,18,19,20). The van der Waals surface area contributed by atoms with Crippen molar-refractivity contribution in [2.75, 3.05) is 5.73 Å². The first kappa shape index (κ1) is 14.5. The lowest BCUT2D eigenvalue weighted by Gasteiger charge is -2.04. The Balaban J connectivity index is 2.05. The highest BCUT2D eigenvalue weighted by Gasteiger charge is 2.15. The second-order valence-electron chi connectivity index (χ2n) is 4.88. The Kier molecular flexibility index (Phi) is 3.77. The summed E-state index contributed by atoms with van der Waals surface area (Å²) >= 11 is 5.92. The number of hydrogen-bond donors (Lipinski definition) is 1. The van der Waals surface area contributed by atoms with Crippen LogP contribution in [0.4, 0.5) is 10.3 Å². The molecular weight excluding hydrogens is 305 g/mol. The maximum absolute atomic E-state index is 13.9. The molecule has 5 nitrogen and oxygen atoms in total. The van der Waals surface area contributed by atoms with Crippen LogP contribution in [0.5, 0.6) is 0 Å². The van der Waals surface area contributed by atoms with Gasteiger partial charge in [-0.2, -0.15) is 5.10 Å². The molecule has 22 heavy (non-hydrogen) atoms. The third-order valence-corrected chi connectivity index (χ3v) is 3.39. The zero-order valence-corrected chi connectivity index (χ0v) is 12.5. The van der Waals surface area contributed by atoms with E-state index in [1.807, 2.05) is 6.20 Å². The molecule has 0 aliphatic carbocycles. The number of nitrogens with zero attached hydrogens (tertiary/aromatic N) is 4. The van der Waals surface area contributed by atoms with Gasteiger partial charge < -0.3 is 5.73 Å². The molecule has 2 aromatic heterocycles. The summed E-state index contributed by atoms with van der Waals surface area (Å²) < 4.78 is 15.5. The van der Waals surface area contributed by atoms with E-state index in [1.54, 1.807) is 36.0 Å². The van der Waals surface area contributed by atoms with Crippen LogP contribution in [0.2, 0.25) is 5.15 Å². The predicted molar refractivity (Wildman–Crippen MR) is 82.9 cm³/mol. The van der Waals surface area contributed by atoms with Crippen molar-refractivity contribution in [2.45, 2.75) is 6.42 Å². The van der Waals surface area contributed by atoms with Gasteiger partial charge in [0.2, 0.25) is 5.95 Å². The number of hydrogen-bond acceptors (Lipinski definition) is 4. The highest BCUT2D eigenvalue weighted by atomic mass is 35.5. The van der Waals surface area contributed by atoms with Crippen LogP contribution in [0.3, 0.4) is 0 Å². The number of benzene rings is 1. The van der Waals surface area contributed by atoms with Crippen LogP contribution in [0.1, 0.15) is 11.1 Å². The molecule has 0 atom stereocenters. The van der Waals surface area contributed by atoms with Gasteiger partial charge in [-0.05, 0) is 11.6 Å². The second kappa shape index (κ2) is 5.73. The second-order valence-corrected chi connectivity index (χ2v) is 5.27. The monoisotopic (exact) mass is 317 g/mol. The van der Waals surface area contributed by atoms with E-state index in [9.17, 15) is 4.39 Å². The quantitative estimate of drug-likeness (QED) is 0.754. The number of anilines is 1. The van der Waals surface area contributed by atoms with Crippen LogP contribution < -0.4 is 5.73 Å². The molecule has 0 fully saturated rings. The Bertz CT molecular complexity index is 810. The van der Waals surface area contributed by atoms with Gasteiger partial charge in [-0.15, -0.1) is 0 Å². The van der Waals surface area contributed by atoms with E-state index in [1.165, 1.54) is 6.07 Å². The fraction of sp³-hybridized carbons (Fsp3) is 0.133. The fourth-order valence-electron chi connectivity index (χ4n) is 2.29. The summed E-state index contributed by atoms with van der Waals surface area (Å²) in [6.45, 7) is 0. The minimum Gasteiger partial charge on any atom is -0.368 e. The third kappa shape index (κ3) is 2.92. The maximum atomic E-state index is 13.9. The molecule has 0 aliphatic heterocycles. The van der Waals surface area contributed by atoms with E-state index < -0.39 is 0 Å². The van der Waals surface area contributed by atoms with Gasteiger partial charge in [0.15, 0.2) is 0 Å². The van der Waals surface area contributed by atoms with Crippen LogP contribution in [0.25, 0.3) is 11.4 Å². The van der Waals surface area contributed by atoms with Gasteiger partial charge in [-0.3, -0.25) is 4.68 Å². The van der Waals surface area contributed by atoms with Gasteiger partial charge in [0.25, 0.3) is 0 Å². The molecule has 0 saturated carbocycles. The normalized spacial score (nSPS) is 10.9. The van der Waals surface area contributed by atoms with E-state index in [2.05, 4.69) is 15.1 Å². The molecule has 2 heterocycles. The average Bonchev–Trinajstić information content (AvgIpc) is 2.81. The van der Waals surface area contributed by atoms with E-state index in [-0.39, 0.29) is 16.9 Å². The zero-order valence-electron chi connectivity index (χ0n) is 11.8. The minimum absolute atomic E-state index is 0.0741. The van der Waals surface area contributed by atoms with Crippen LogP contribution >= 0.6 is 11.6 Å². The average molecular weight is 318 g/mol. The molecule has 0 bridgehead atoms. The zero-order chi connectivity index (χ0) is 15.7. The van der Waals surface area contributed by atoms with E-state index in [0.717, 1.165) is 5.56 Å². The lowest BCUT2D eigenvalue weighted by molar-refractivity contribution is 0.614. The SMILES string of the molecule is Cn1cc(Cc2ccccc2F)c(-c2cc(Cl)nc(N)n2)n1. The van der Waals surface area contributed by atoms with E-state index >= 15 is 0 Å². The lowest BCUT2D eigenvalue weighted by Crippen LogP contribution is -1.99. The molecule has 0 radical (unpaired) electrons. The minimum atomic E-state index is -0.252. The van der Waals surface area contributed by atoms with Gasteiger partial charge in [-0.1, -0.05) is 29.8 Å². The van der Waals surface area contributed by atoms with E-state index in [4.69, 9.17) is 17.3 Å². The largest absolute Gasteiger partial charge is 0.368 e. The van der Waals surface area contributed by atoms with Crippen LogP contribution in [-0.2, 0) is 13.5 Å². The Morgan fingerprint density at radius 3 is 2.73 bits per heavy atom. The van der Waals surface area contributed by atoms with Crippen molar-refractivity contribution in [3.8, 4) is 11.4 Å². The number of halogens is 2. The number of aromatic nitrogens is 4. The van der Waals surface area contributed by atoms with Gasteiger partial charge in [0, 0.05) is 31.3 Å². The summed E-state index contributed by atoms with van der Waals surface area (Å²) in [5.74, 6) is -0.178. The summed E-state index contributed by atoms with van der Waals surface area (Å²) in [4.78, 5) is 7.99. The number of nitrogen functional groups attached to an aromatic ring is 1. The summed E-state index contributed by atoms with van der Waals surface area (Å²) in [7, 11) is 1.79. The topological polar surface area (TPSA) is 69.6 Å². The molecular formula is C15H13ClFN5. The highest BCUT2D eigenvalue weighted by Crippen LogP contribution is 2.25. The van der Waals surface area contributed by atoms with Crippen molar-refractivity contribution in [3.63, 3.8) is 0 Å². The van der Waals surface area contributed by atoms with Crippen molar-refractivity contribution in [3.05, 3.63) is 58.6 Å². The van der Waals surface area contributed by atoms with Gasteiger partial charge in [0.05, 0.1) is 5.69 Å². The molecule has 112 valence electrons. The van der Waals surface area contributed by atoms with Crippen LogP contribution in [0.15, 0.2) is 36.5 Å². The Hall–Kier alpha value is -2.47. The first-order chi connectivity index (χ1) is 10.5. The number of nitrogens with two attached hydrogens (primary N) is 1. The summed E-state index contributed by atoms with van der Waals surface area (Å²) in [6.07, 6.45) is 2.23. The molecule has 0 saturated heterocycles. The third-order valence-electron chi connectivity index (χ3n) is 3.20. The van der Waals surface area contributed by atoms with Gasteiger partial charge in [0.1, 0.15) is 16.7 Å². The number of aryl methyl sites for hydroxylation is 1. The molecule has 0 spiro atoms. The molecule has 0 amide bonds. The van der Waals surface area contributed by atoms with Crippen LogP contribution in [0, 0.1) is 5.82 Å². The summed E-state index contributed by atoms with van der Waals surface area (Å²) in [5, 5.41) is 4.62. The highest BCUT2D eigenvalue weighted by molar-refractivity contribution is 6.29. The van der Waals surface area contributed by atoms with Crippen molar-refractivity contribution >= 4 is 17.5 Å². The molecule has 1 aromatic carbocycles. The molecule has 3 aromatic rings. The van der Waals surface area contributed by atoms with Crippen molar-refractivity contribution in [1.29, 1.82) is 0 Å². The van der Waals surface area contributed by atoms with Crippen molar-refractivity contribution < 1.29 is 4.39 Å². The maximum Gasteiger partial charge on any atom is 0.222 e. The number of rotatable bonds is 3. The van der Waals surface area contributed by atoms with Crippen molar-refractivity contribution in [1.82, 2.24) is 19.7 Å². The van der Waals surface area contributed by atoms with E-state index in [0.29, 0.717) is 23.4 Å². The smallest absolute Gasteiger partial charge is 0.222 e. The molecule has 0 aliphatic rings. The first-order valence-corrected chi connectivity index (χ1v) is 6.97. The lowest BCUT2D eigenvalue weighted by atomic mass is 10.0. The fourth-order valence-corrected chi connectivity index (χ4v) is 2.48. The Morgan fingerprint density at radius 2 is 2.00 bits per heavy atom. The first-order valence-electron chi connectivity index (χ1n) is 6.59. The van der Waals surface area contributed by atoms with Crippen LogP contribution in [-0.4, -0.2) is 19.7 Å². The Morgan fingerprint density at radius 1 is 1.23 bits per heavy atom. The summed E-state index contributed by atoms with van der Waals surface area (Å²) in [5.41, 5.74) is 8.18. The van der Waals surface area contributed by atoms with Crippen molar-refractivity contribution in [2.24, 2.45) is 7.05 Å². The molecule has 3 rings (SSSR count). The van der Waals surface area contributed by atoms with Gasteiger partial charge in [-0.25, -0.2) is 14.4 Å².